The van der Waals surface area contributed by atoms with Gasteiger partial charge in [0, 0.05) is 16.8 Å². The topological polar surface area (TPSA) is 12.9 Å². The summed E-state index contributed by atoms with van der Waals surface area (Å²) in [7, 11) is 0. The normalized spacial score (nSPS) is 10.3. The van der Waals surface area contributed by atoms with E-state index in [4.69, 9.17) is 11.6 Å². The van der Waals surface area contributed by atoms with Crippen molar-refractivity contribution < 1.29 is 0 Å². The van der Waals surface area contributed by atoms with E-state index >= 15 is 0 Å². The van der Waals surface area contributed by atoms with Gasteiger partial charge in [0.1, 0.15) is 0 Å². The molecule has 0 fully saturated rings. The Bertz CT molecular complexity index is 492. The number of hydrogen-bond acceptors (Lipinski definition) is 1. The number of rotatable bonds is 1. The van der Waals surface area contributed by atoms with Crippen LogP contribution in [0.2, 0.25) is 5.02 Å². The number of pyridine rings is 1. The number of halogens is 1. The molecule has 15 heavy (non-hydrogen) atoms. The monoisotopic (exact) mass is 217 g/mol. The van der Waals surface area contributed by atoms with E-state index in [1.807, 2.05) is 30.5 Å². The number of benzene rings is 1. The highest BCUT2D eigenvalue weighted by Crippen LogP contribution is 2.26. The minimum Gasteiger partial charge on any atom is -0.256 e. The maximum Gasteiger partial charge on any atom is 0.0733 e. The average molecular weight is 218 g/mol. The SMILES string of the molecule is Cc1cc(Cl)ccc1-c1ncccc1C. The summed E-state index contributed by atoms with van der Waals surface area (Å²) in [5, 5.41) is 0.768. The summed E-state index contributed by atoms with van der Waals surface area (Å²) in [6.45, 7) is 4.12. The number of nitrogens with zero attached hydrogens (tertiary/aromatic N) is 1. The fourth-order valence-corrected chi connectivity index (χ4v) is 1.89. The molecule has 0 aliphatic heterocycles. The number of aryl methyl sites for hydroxylation is 2. The third-order valence-corrected chi connectivity index (χ3v) is 2.69. The van der Waals surface area contributed by atoms with Crippen LogP contribution in [0.5, 0.6) is 0 Å². The average Bonchev–Trinajstić information content (AvgIpc) is 2.20. The Morgan fingerprint density at radius 1 is 1.07 bits per heavy atom. The van der Waals surface area contributed by atoms with Crippen molar-refractivity contribution in [3.8, 4) is 11.3 Å². The fourth-order valence-electron chi connectivity index (χ4n) is 1.66. The smallest absolute Gasteiger partial charge is 0.0733 e. The van der Waals surface area contributed by atoms with Crippen molar-refractivity contribution in [1.82, 2.24) is 4.98 Å². The molecule has 0 saturated heterocycles. The van der Waals surface area contributed by atoms with E-state index in [0.29, 0.717) is 0 Å². The highest BCUT2D eigenvalue weighted by molar-refractivity contribution is 6.30. The minimum absolute atomic E-state index is 0.768. The van der Waals surface area contributed by atoms with E-state index in [1.165, 1.54) is 5.56 Å². The van der Waals surface area contributed by atoms with E-state index < -0.39 is 0 Å². The zero-order valence-corrected chi connectivity index (χ0v) is 9.55. The van der Waals surface area contributed by atoms with Crippen LogP contribution in [0.25, 0.3) is 11.3 Å². The Labute approximate surface area is 94.7 Å². The largest absolute Gasteiger partial charge is 0.256 e. The predicted molar refractivity (Wildman–Crippen MR) is 64.2 cm³/mol. The van der Waals surface area contributed by atoms with Crippen molar-refractivity contribution in [1.29, 1.82) is 0 Å². The first-order chi connectivity index (χ1) is 7.18. The molecule has 0 amide bonds. The second-order valence-electron chi connectivity index (χ2n) is 3.63. The van der Waals surface area contributed by atoms with Gasteiger partial charge in [0.2, 0.25) is 0 Å². The molecule has 0 bridgehead atoms. The summed E-state index contributed by atoms with van der Waals surface area (Å²) >= 11 is 5.92. The number of hydrogen-bond donors (Lipinski definition) is 0. The van der Waals surface area contributed by atoms with Gasteiger partial charge in [0.25, 0.3) is 0 Å². The molecule has 0 atom stereocenters. The standard InChI is InChI=1S/C13H12ClN/c1-9-4-3-7-15-13(9)12-6-5-11(14)8-10(12)2/h3-8H,1-2H3. The maximum atomic E-state index is 5.92. The van der Waals surface area contributed by atoms with Crippen molar-refractivity contribution in [2.75, 3.05) is 0 Å². The third-order valence-electron chi connectivity index (χ3n) is 2.45. The van der Waals surface area contributed by atoms with Crippen LogP contribution in [0, 0.1) is 13.8 Å². The fraction of sp³-hybridized carbons (Fsp3) is 0.154. The molecule has 2 aromatic rings. The second kappa shape index (κ2) is 4.03. The predicted octanol–water partition coefficient (Wildman–Crippen LogP) is 4.02. The zero-order valence-electron chi connectivity index (χ0n) is 8.79. The second-order valence-corrected chi connectivity index (χ2v) is 4.06. The molecular weight excluding hydrogens is 206 g/mol. The first-order valence-corrected chi connectivity index (χ1v) is 5.24. The highest BCUT2D eigenvalue weighted by Gasteiger charge is 2.05. The summed E-state index contributed by atoms with van der Waals surface area (Å²) < 4.78 is 0. The molecule has 1 heterocycles. The van der Waals surface area contributed by atoms with E-state index in [0.717, 1.165) is 21.8 Å². The molecule has 0 N–H and O–H groups in total. The maximum absolute atomic E-state index is 5.92. The van der Waals surface area contributed by atoms with Crippen molar-refractivity contribution >= 4 is 11.6 Å². The van der Waals surface area contributed by atoms with Crippen molar-refractivity contribution in [2.45, 2.75) is 13.8 Å². The Balaban J connectivity index is 2.60. The number of aromatic nitrogens is 1. The molecule has 2 heteroatoms. The van der Waals surface area contributed by atoms with Crippen LogP contribution < -0.4 is 0 Å². The van der Waals surface area contributed by atoms with Gasteiger partial charge in [0.15, 0.2) is 0 Å². The lowest BCUT2D eigenvalue weighted by Crippen LogP contribution is -1.89. The summed E-state index contributed by atoms with van der Waals surface area (Å²) in [5.41, 5.74) is 4.52. The van der Waals surface area contributed by atoms with E-state index in [2.05, 4.69) is 24.9 Å². The van der Waals surface area contributed by atoms with Gasteiger partial charge in [-0.2, -0.15) is 0 Å². The lowest BCUT2D eigenvalue weighted by molar-refractivity contribution is 1.26. The Morgan fingerprint density at radius 3 is 2.53 bits per heavy atom. The van der Waals surface area contributed by atoms with E-state index in [9.17, 15) is 0 Å². The Kier molecular flexibility index (Phi) is 2.74. The van der Waals surface area contributed by atoms with Crippen LogP contribution in [0.4, 0.5) is 0 Å². The first kappa shape index (κ1) is 10.2. The molecule has 1 aromatic carbocycles. The van der Waals surface area contributed by atoms with Crippen molar-refractivity contribution in [3.63, 3.8) is 0 Å². The van der Waals surface area contributed by atoms with E-state index in [-0.39, 0.29) is 0 Å². The summed E-state index contributed by atoms with van der Waals surface area (Å²) in [6.07, 6.45) is 1.82. The van der Waals surface area contributed by atoms with Crippen LogP contribution in [-0.2, 0) is 0 Å². The molecule has 0 unspecified atom stereocenters. The minimum atomic E-state index is 0.768. The lowest BCUT2D eigenvalue weighted by Gasteiger charge is -2.07. The van der Waals surface area contributed by atoms with Gasteiger partial charge in [-0.3, -0.25) is 4.98 Å². The van der Waals surface area contributed by atoms with E-state index in [1.54, 1.807) is 0 Å². The molecule has 0 saturated carbocycles. The van der Waals surface area contributed by atoms with Gasteiger partial charge in [-0.25, -0.2) is 0 Å². The van der Waals surface area contributed by atoms with Gasteiger partial charge in [-0.1, -0.05) is 23.7 Å². The molecule has 1 aromatic heterocycles. The molecule has 0 aliphatic rings. The summed E-state index contributed by atoms with van der Waals surface area (Å²) in [5.74, 6) is 0. The molecule has 0 spiro atoms. The van der Waals surface area contributed by atoms with Crippen LogP contribution in [0.15, 0.2) is 36.5 Å². The quantitative estimate of drug-likeness (QED) is 0.703. The molecule has 0 radical (unpaired) electrons. The molecular formula is C13H12ClN. The highest BCUT2D eigenvalue weighted by atomic mass is 35.5. The van der Waals surface area contributed by atoms with Gasteiger partial charge < -0.3 is 0 Å². The Morgan fingerprint density at radius 2 is 1.87 bits per heavy atom. The summed E-state index contributed by atoms with van der Waals surface area (Å²) in [4.78, 5) is 4.40. The van der Waals surface area contributed by atoms with Gasteiger partial charge in [-0.05, 0) is 43.2 Å². The first-order valence-electron chi connectivity index (χ1n) is 4.86. The molecule has 2 rings (SSSR count). The summed E-state index contributed by atoms with van der Waals surface area (Å²) in [6, 6.07) is 9.90. The Hall–Kier alpha value is -1.34. The lowest BCUT2D eigenvalue weighted by atomic mass is 10.0. The van der Waals surface area contributed by atoms with Crippen molar-refractivity contribution in [2.24, 2.45) is 0 Å². The van der Waals surface area contributed by atoms with Crippen LogP contribution in [-0.4, -0.2) is 4.98 Å². The third kappa shape index (κ3) is 2.02. The molecule has 76 valence electrons. The molecule has 1 nitrogen and oxygen atoms in total. The van der Waals surface area contributed by atoms with Gasteiger partial charge in [0.05, 0.1) is 5.69 Å². The molecule has 0 aliphatic carbocycles. The van der Waals surface area contributed by atoms with Gasteiger partial charge >= 0.3 is 0 Å². The van der Waals surface area contributed by atoms with Crippen molar-refractivity contribution in [3.05, 3.63) is 52.7 Å². The van der Waals surface area contributed by atoms with Crippen LogP contribution in [0.3, 0.4) is 0 Å². The van der Waals surface area contributed by atoms with Crippen LogP contribution in [0.1, 0.15) is 11.1 Å². The zero-order chi connectivity index (χ0) is 10.8. The van der Waals surface area contributed by atoms with Gasteiger partial charge in [-0.15, -0.1) is 0 Å². The van der Waals surface area contributed by atoms with Crippen LogP contribution >= 0.6 is 11.6 Å².